The van der Waals surface area contributed by atoms with Crippen molar-refractivity contribution in [1.82, 2.24) is 10.1 Å². The van der Waals surface area contributed by atoms with Crippen LogP contribution in [-0.4, -0.2) is 29.5 Å². The first-order valence-electron chi connectivity index (χ1n) is 8.69. The van der Waals surface area contributed by atoms with E-state index in [-0.39, 0.29) is 28.2 Å². The summed E-state index contributed by atoms with van der Waals surface area (Å²) in [6.07, 6.45) is 1.63. The third-order valence-electron chi connectivity index (χ3n) is 4.26. The van der Waals surface area contributed by atoms with Gasteiger partial charge < -0.3 is 19.1 Å². The molecule has 3 aromatic rings. The molecule has 146 valence electrons. The SMILES string of the molecule is COc1cc(/C=C(\Cl)c2nc(-c3ccc(C(C)C)cc3)no2)cc(OC)c1O. The predicted octanol–water partition coefficient (Wildman–Crippen LogP) is 5.32. The summed E-state index contributed by atoms with van der Waals surface area (Å²) in [4.78, 5) is 4.36. The van der Waals surface area contributed by atoms with Gasteiger partial charge in [-0.25, -0.2) is 0 Å². The number of aromatic nitrogens is 2. The maximum Gasteiger partial charge on any atom is 0.269 e. The van der Waals surface area contributed by atoms with E-state index in [1.807, 2.05) is 24.3 Å². The van der Waals surface area contributed by atoms with Crippen LogP contribution in [0.4, 0.5) is 0 Å². The fourth-order valence-corrected chi connectivity index (χ4v) is 2.86. The number of halogens is 1. The summed E-state index contributed by atoms with van der Waals surface area (Å²) in [5.41, 5.74) is 2.73. The van der Waals surface area contributed by atoms with Crippen LogP contribution in [-0.2, 0) is 0 Å². The van der Waals surface area contributed by atoms with Gasteiger partial charge in [-0.15, -0.1) is 0 Å². The van der Waals surface area contributed by atoms with Crippen LogP contribution >= 0.6 is 11.6 Å². The number of hydrogen-bond acceptors (Lipinski definition) is 6. The molecule has 1 heterocycles. The average molecular weight is 401 g/mol. The van der Waals surface area contributed by atoms with Crippen molar-refractivity contribution in [2.24, 2.45) is 0 Å². The summed E-state index contributed by atoms with van der Waals surface area (Å²) in [5, 5.41) is 14.3. The van der Waals surface area contributed by atoms with Crippen LogP contribution in [0.25, 0.3) is 22.5 Å². The molecule has 3 rings (SSSR count). The molecule has 0 saturated carbocycles. The monoisotopic (exact) mass is 400 g/mol. The Morgan fingerprint density at radius 1 is 1.11 bits per heavy atom. The van der Waals surface area contributed by atoms with Gasteiger partial charge in [-0.2, -0.15) is 4.98 Å². The lowest BCUT2D eigenvalue weighted by atomic mass is 10.0. The molecule has 0 radical (unpaired) electrons. The molecule has 7 heteroatoms. The highest BCUT2D eigenvalue weighted by atomic mass is 35.5. The van der Waals surface area contributed by atoms with E-state index in [1.54, 1.807) is 18.2 Å². The van der Waals surface area contributed by atoms with E-state index >= 15 is 0 Å². The maximum atomic E-state index is 10.0. The Labute approximate surface area is 168 Å². The van der Waals surface area contributed by atoms with E-state index in [0.29, 0.717) is 17.3 Å². The van der Waals surface area contributed by atoms with E-state index in [2.05, 4.69) is 24.0 Å². The van der Waals surface area contributed by atoms with E-state index in [9.17, 15) is 5.11 Å². The Morgan fingerprint density at radius 2 is 1.71 bits per heavy atom. The highest BCUT2D eigenvalue weighted by molar-refractivity contribution is 6.50. The summed E-state index contributed by atoms with van der Waals surface area (Å²) in [7, 11) is 2.91. The molecule has 0 aliphatic rings. The lowest BCUT2D eigenvalue weighted by Gasteiger charge is -2.09. The van der Waals surface area contributed by atoms with Crippen molar-refractivity contribution in [2.75, 3.05) is 14.2 Å². The topological polar surface area (TPSA) is 77.6 Å². The lowest BCUT2D eigenvalue weighted by molar-refractivity contribution is 0.340. The quantitative estimate of drug-likeness (QED) is 0.603. The molecule has 0 aliphatic carbocycles. The number of phenols is 1. The van der Waals surface area contributed by atoms with E-state index < -0.39 is 0 Å². The van der Waals surface area contributed by atoms with Crippen LogP contribution in [0.2, 0.25) is 0 Å². The zero-order chi connectivity index (χ0) is 20.3. The summed E-state index contributed by atoms with van der Waals surface area (Å²) >= 11 is 6.36. The smallest absolute Gasteiger partial charge is 0.269 e. The highest BCUT2D eigenvalue weighted by Gasteiger charge is 2.14. The van der Waals surface area contributed by atoms with Gasteiger partial charge in [-0.05, 0) is 35.3 Å². The van der Waals surface area contributed by atoms with Crippen molar-refractivity contribution < 1.29 is 19.1 Å². The number of rotatable bonds is 6. The molecule has 0 unspecified atom stereocenters. The minimum absolute atomic E-state index is 0.0804. The zero-order valence-corrected chi connectivity index (χ0v) is 16.8. The fourth-order valence-electron chi connectivity index (χ4n) is 2.66. The van der Waals surface area contributed by atoms with E-state index in [4.69, 9.17) is 25.6 Å². The minimum Gasteiger partial charge on any atom is -0.502 e. The Morgan fingerprint density at radius 3 is 2.25 bits per heavy atom. The molecule has 0 atom stereocenters. The van der Waals surface area contributed by atoms with Gasteiger partial charge in [-0.1, -0.05) is 54.9 Å². The van der Waals surface area contributed by atoms with Gasteiger partial charge in [0.15, 0.2) is 11.5 Å². The lowest BCUT2D eigenvalue weighted by Crippen LogP contribution is -1.90. The Kier molecular flexibility index (Phi) is 5.90. The summed E-state index contributed by atoms with van der Waals surface area (Å²) in [6.45, 7) is 4.28. The molecule has 6 nitrogen and oxygen atoms in total. The van der Waals surface area contributed by atoms with Crippen molar-refractivity contribution in [3.8, 4) is 28.6 Å². The predicted molar refractivity (Wildman–Crippen MR) is 109 cm³/mol. The number of benzene rings is 2. The second-order valence-electron chi connectivity index (χ2n) is 6.47. The van der Waals surface area contributed by atoms with E-state index in [1.165, 1.54) is 19.8 Å². The summed E-state index contributed by atoms with van der Waals surface area (Å²) < 4.78 is 15.6. The first-order chi connectivity index (χ1) is 13.4. The number of ether oxygens (including phenoxy) is 2. The summed E-state index contributed by atoms with van der Waals surface area (Å²) in [6, 6.07) is 11.3. The average Bonchev–Trinajstić information content (AvgIpc) is 3.19. The number of aromatic hydroxyl groups is 1. The van der Waals surface area contributed by atoms with Gasteiger partial charge in [0.1, 0.15) is 5.03 Å². The van der Waals surface area contributed by atoms with Gasteiger partial charge in [0.05, 0.1) is 14.2 Å². The number of methoxy groups -OCH3 is 2. The van der Waals surface area contributed by atoms with Crippen LogP contribution in [0.1, 0.15) is 36.8 Å². The Hall–Kier alpha value is -2.99. The zero-order valence-electron chi connectivity index (χ0n) is 16.1. The standard InChI is InChI=1S/C21H21ClN2O4/c1-12(2)14-5-7-15(8-6-14)20-23-21(28-24-20)16(22)9-13-10-17(26-3)19(25)18(11-13)27-4/h5-12,25H,1-4H3/b16-9-. The Balaban J connectivity index is 1.88. The third-order valence-corrected chi connectivity index (χ3v) is 4.53. The third kappa shape index (κ3) is 4.12. The van der Waals surface area contributed by atoms with Gasteiger partial charge in [0.25, 0.3) is 5.89 Å². The maximum absolute atomic E-state index is 10.0. The molecule has 1 aromatic heterocycles. The first kappa shape index (κ1) is 19.8. The number of hydrogen-bond donors (Lipinski definition) is 1. The van der Waals surface area contributed by atoms with Crippen molar-refractivity contribution in [3.63, 3.8) is 0 Å². The van der Waals surface area contributed by atoms with Crippen LogP contribution in [0.15, 0.2) is 40.9 Å². The molecule has 0 saturated heterocycles. The molecule has 28 heavy (non-hydrogen) atoms. The van der Waals surface area contributed by atoms with Crippen LogP contribution in [0, 0.1) is 0 Å². The van der Waals surface area contributed by atoms with Crippen LogP contribution in [0.5, 0.6) is 17.2 Å². The van der Waals surface area contributed by atoms with Gasteiger partial charge in [-0.3, -0.25) is 0 Å². The molecule has 0 aliphatic heterocycles. The van der Waals surface area contributed by atoms with Crippen LogP contribution < -0.4 is 9.47 Å². The molecule has 0 fully saturated rings. The summed E-state index contributed by atoms with van der Waals surface area (Å²) in [5.74, 6) is 1.56. The van der Waals surface area contributed by atoms with E-state index in [0.717, 1.165) is 5.56 Å². The second-order valence-corrected chi connectivity index (χ2v) is 6.87. The molecular formula is C21H21ClN2O4. The van der Waals surface area contributed by atoms with Crippen molar-refractivity contribution in [2.45, 2.75) is 19.8 Å². The van der Waals surface area contributed by atoms with Crippen LogP contribution in [0.3, 0.4) is 0 Å². The van der Waals surface area contributed by atoms with Gasteiger partial charge in [0, 0.05) is 5.56 Å². The Bertz CT molecular complexity index is 969. The molecule has 2 aromatic carbocycles. The van der Waals surface area contributed by atoms with Gasteiger partial charge >= 0.3 is 0 Å². The van der Waals surface area contributed by atoms with Crippen molar-refractivity contribution >= 4 is 22.7 Å². The largest absolute Gasteiger partial charge is 0.502 e. The second kappa shape index (κ2) is 8.35. The fraction of sp³-hybridized carbons (Fsp3) is 0.238. The normalized spacial score (nSPS) is 11.7. The minimum atomic E-state index is -0.0804. The molecule has 1 N–H and O–H groups in total. The van der Waals surface area contributed by atoms with Gasteiger partial charge in [0.2, 0.25) is 11.6 Å². The van der Waals surface area contributed by atoms with Crippen molar-refractivity contribution in [3.05, 3.63) is 53.4 Å². The molecular weight excluding hydrogens is 380 g/mol. The number of phenolic OH excluding ortho intramolecular Hbond substituents is 1. The molecule has 0 spiro atoms. The van der Waals surface area contributed by atoms with Crippen molar-refractivity contribution in [1.29, 1.82) is 0 Å². The highest BCUT2D eigenvalue weighted by Crippen LogP contribution is 2.38. The number of nitrogens with zero attached hydrogens (tertiary/aromatic N) is 2. The molecule has 0 amide bonds. The first-order valence-corrected chi connectivity index (χ1v) is 9.07. The molecule has 0 bridgehead atoms.